The molecule has 0 aliphatic carbocycles. The summed E-state index contributed by atoms with van der Waals surface area (Å²) in [5.74, 6) is 0.0791. The van der Waals surface area contributed by atoms with E-state index in [2.05, 4.69) is 10.5 Å². The summed E-state index contributed by atoms with van der Waals surface area (Å²) in [6.45, 7) is 2.39. The molecule has 3 rings (SSSR count). The molecule has 6 heteroatoms. The monoisotopic (exact) mass is 375 g/mol. The average Bonchev–Trinajstić information content (AvgIpc) is 2.70. The summed E-state index contributed by atoms with van der Waals surface area (Å²) in [4.78, 5) is 25.1. The second-order valence-corrected chi connectivity index (χ2v) is 6.29. The van der Waals surface area contributed by atoms with E-state index in [-0.39, 0.29) is 11.1 Å². The van der Waals surface area contributed by atoms with Gasteiger partial charge in [0.05, 0.1) is 19.9 Å². The second-order valence-electron chi connectivity index (χ2n) is 6.29. The van der Waals surface area contributed by atoms with Crippen LogP contribution in [0.2, 0.25) is 0 Å². The first kappa shape index (κ1) is 19.1. The minimum atomic E-state index is -0.560. The molecule has 0 unspecified atom stereocenters. The lowest BCUT2D eigenvalue weighted by atomic mass is 10.1. The number of nitrogens with zero attached hydrogens (tertiary/aromatic N) is 2. The molecule has 6 nitrogen and oxygen atoms in total. The quantitative estimate of drug-likeness (QED) is 0.532. The summed E-state index contributed by atoms with van der Waals surface area (Å²) in [7, 11) is 1.56. The van der Waals surface area contributed by atoms with Crippen molar-refractivity contribution >= 4 is 12.1 Å². The van der Waals surface area contributed by atoms with Crippen LogP contribution in [0, 0.1) is 6.92 Å². The highest BCUT2D eigenvalue weighted by molar-refractivity contribution is 5.94. The third-order valence-electron chi connectivity index (χ3n) is 4.21. The first-order chi connectivity index (χ1) is 13.6. The summed E-state index contributed by atoms with van der Waals surface area (Å²) in [6, 6.07) is 18.4. The van der Waals surface area contributed by atoms with Gasteiger partial charge in [-0.3, -0.25) is 9.59 Å². The van der Waals surface area contributed by atoms with Crippen LogP contribution in [0.1, 0.15) is 27.0 Å². The molecular weight excluding hydrogens is 354 g/mol. The van der Waals surface area contributed by atoms with Crippen LogP contribution >= 0.6 is 0 Å². The molecule has 142 valence electrons. The Balaban J connectivity index is 1.75. The van der Waals surface area contributed by atoms with Gasteiger partial charge in [-0.1, -0.05) is 42.0 Å². The van der Waals surface area contributed by atoms with Crippen molar-refractivity contribution in [3.8, 4) is 5.75 Å². The zero-order valence-corrected chi connectivity index (χ0v) is 15.8. The topological polar surface area (TPSA) is 72.7 Å². The first-order valence-corrected chi connectivity index (χ1v) is 8.80. The van der Waals surface area contributed by atoms with Crippen molar-refractivity contribution in [1.29, 1.82) is 0 Å². The van der Waals surface area contributed by atoms with Crippen molar-refractivity contribution in [2.45, 2.75) is 13.5 Å². The molecule has 0 bridgehead atoms. The van der Waals surface area contributed by atoms with Gasteiger partial charge >= 0.3 is 0 Å². The second kappa shape index (κ2) is 8.81. The van der Waals surface area contributed by atoms with E-state index >= 15 is 0 Å². The summed E-state index contributed by atoms with van der Waals surface area (Å²) < 4.78 is 6.74. The fraction of sp³-hybridized carbons (Fsp3) is 0.136. The van der Waals surface area contributed by atoms with Crippen LogP contribution < -0.4 is 15.7 Å². The van der Waals surface area contributed by atoms with Crippen LogP contribution in [0.5, 0.6) is 5.75 Å². The summed E-state index contributed by atoms with van der Waals surface area (Å²) in [6.07, 6.45) is 3.14. The molecule has 28 heavy (non-hydrogen) atoms. The van der Waals surface area contributed by atoms with Crippen molar-refractivity contribution < 1.29 is 9.53 Å². The number of pyridine rings is 1. The zero-order valence-electron chi connectivity index (χ0n) is 15.8. The third kappa shape index (κ3) is 4.54. The Morgan fingerprint density at radius 2 is 1.96 bits per heavy atom. The van der Waals surface area contributed by atoms with E-state index in [9.17, 15) is 9.59 Å². The molecule has 1 amide bonds. The lowest BCUT2D eigenvalue weighted by Gasteiger charge is -2.08. The number of aryl methyl sites for hydroxylation is 1. The largest absolute Gasteiger partial charge is 0.496 e. The number of benzene rings is 2. The number of aromatic nitrogens is 1. The van der Waals surface area contributed by atoms with E-state index < -0.39 is 5.91 Å². The molecule has 0 saturated carbocycles. The van der Waals surface area contributed by atoms with Crippen molar-refractivity contribution in [1.82, 2.24) is 9.99 Å². The smallest absolute Gasteiger partial charge is 0.276 e. The Labute approximate surface area is 163 Å². The minimum absolute atomic E-state index is 0.0346. The molecule has 2 aromatic carbocycles. The first-order valence-electron chi connectivity index (χ1n) is 8.80. The van der Waals surface area contributed by atoms with Gasteiger partial charge in [-0.05, 0) is 36.8 Å². The van der Waals surface area contributed by atoms with Crippen LogP contribution in [-0.2, 0) is 6.54 Å². The number of hydrogen-bond acceptors (Lipinski definition) is 4. The Kier molecular flexibility index (Phi) is 6.01. The van der Waals surface area contributed by atoms with Gasteiger partial charge in [0, 0.05) is 11.8 Å². The number of rotatable bonds is 6. The summed E-state index contributed by atoms with van der Waals surface area (Å²) in [5.41, 5.74) is 4.90. The van der Waals surface area contributed by atoms with E-state index in [0.29, 0.717) is 12.3 Å². The fourth-order valence-electron chi connectivity index (χ4n) is 2.84. The molecule has 0 radical (unpaired) electrons. The molecule has 0 aliphatic rings. The molecule has 1 heterocycles. The van der Waals surface area contributed by atoms with Gasteiger partial charge in [-0.15, -0.1) is 0 Å². The number of carbonyl (C=O) groups excluding carboxylic acids is 1. The number of hydrogen-bond donors (Lipinski definition) is 1. The number of amides is 1. The van der Waals surface area contributed by atoms with Crippen molar-refractivity contribution in [3.63, 3.8) is 0 Å². The van der Waals surface area contributed by atoms with Gasteiger partial charge in [-0.25, -0.2) is 5.43 Å². The third-order valence-corrected chi connectivity index (χ3v) is 4.21. The highest BCUT2D eigenvalue weighted by Gasteiger charge is 2.11. The summed E-state index contributed by atoms with van der Waals surface area (Å²) >= 11 is 0. The maximum atomic E-state index is 12.7. The van der Waals surface area contributed by atoms with Crippen molar-refractivity contribution in [3.05, 3.63) is 99.5 Å². The normalized spacial score (nSPS) is 10.8. The van der Waals surface area contributed by atoms with Crippen LogP contribution in [0.15, 0.2) is 76.8 Å². The Hall–Kier alpha value is -3.67. The fourth-order valence-corrected chi connectivity index (χ4v) is 2.84. The molecule has 0 fully saturated rings. The van der Waals surface area contributed by atoms with Crippen LogP contribution in [0.3, 0.4) is 0 Å². The molecular formula is C22H21N3O3. The number of ether oxygens (including phenoxy) is 1. The number of methoxy groups -OCH3 is 1. The number of carbonyl (C=O) groups is 1. The lowest BCUT2D eigenvalue weighted by Crippen LogP contribution is -2.30. The molecule has 0 spiro atoms. The van der Waals surface area contributed by atoms with Crippen LogP contribution in [-0.4, -0.2) is 23.8 Å². The van der Waals surface area contributed by atoms with Gasteiger partial charge in [0.2, 0.25) is 0 Å². The molecule has 0 aliphatic heterocycles. The molecule has 3 aromatic rings. The Bertz CT molecular complexity index is 1070. The van der Waals surface area contributed by atoms with Gasteiger partial charge in [0.25, 0.3) is 11.5 Å². The predicted octanol–water partition coefficient (Wildman–Crippen LogP) is 2.98. The summed E-state index contributed by atoms with van der Waals surface area (Å²) in [5, 5.41) is 3.94. The van der Waals surface area contributed by atoms with Crippen molar-refractivity contribution in [2.24, 2.45) is 5.10 Å². The maximum Gasteiger partial charge on any atom is 0.276 e. The average molecular weight is 375 g/mol. The van der Waals surface area contributed by atoms with Crippen LogP contribution in [0.25, 0.3) is 0 Å². The Morgan fingerprint density at radius 3 is 2.75 bits per heavy atom. The highest BCUT2D eigenvalue weighted by atomic mass is 16.5. The van der Waals surface area contributed by atoms with E-state index in [4.69, 9.17) is 4.74 Å². The lowest BCUT2D eigenvalue weighted by molar-refractivity contribution is 0.0953. The zero-order chi connectivity index (χ0) is 19.9. The van der Waals surface area contributed by atoms with Gasteiger partial charge in [0.15, 0.2) is 0 Å². The standard InChI is InChI=1S/C22H21N3O3/c1-16-7-5-8-17(13-16)15-25-12-6-10-19(22(25)27)21(26)24-23-14-18-9-3-4-11-20(18)28-2/h3-14H,15H2,1-2H3,(H,24,26)/b23-14-. The van der Waals surface area contributed by atoms with E-state index in [1.165, 1.54) is 16.8 Å². The van der Waals surface area contributed by atoms with Gasteiger partial charge in [-0.2, -0.15) is 5.10 Å². The van der Waals surface area contributed by atoms with E-state index in [0.717, 1.165) is 16.7 Å². The molecule has 1 N–H and O–H groups in total. The number of para-hydroxylation sites is 1. The number of nitrogens with one attached hydrogen (secondary N) is 1. The van der Waals surface area contributed by atoms with Crippen LogP contribution in [0.4, 0.5) is 0 Å². The molecule has 0 saturated heterocycles. The van der Waals surface area contributed by atoms with E-state index in [1.807, 2.05) is 49.4 Å². The minimum Gasteiger partial charge on any atom is -0.496 e. The maximum absolute atomic E-state index is 12.7. The highest BCUT2D eigenvalue weighted by Crippen LogP contribution is 2.14. The van der Waals surface area contributed by atoms with E-state index in [1.54, 1.807) is 25.4 Å². The Morgan fingerprint density at radius 1 is 1.14 bits per heavy atom. The number of hydrazone groups is 1. The SMILES string of the molecule is COc1ccccc1/C=N\NC(=O)c1cccn(Cc2cccc(C)c2)c1=O. The van der Waals surface area contributed by atoms with Crippen molar-refractivity contribution in [2.75, 3.05) is 7.11 Å². The van der Waals surface area contributed by atoms with Gasteiger partial charge in [0.1, 0.15) is 11.3 Å². The molecule has 0 atom stereocenters. The van der Waals surface area contributed by atoms with Gasteiger partial charge < -0.3 is 9.30 Å². The molecule has 1 aromatic heterocycles. The predicted molar refractivity (Wildman–Crippen MR) is 109 cm³/mol.